The Balaban J connectivity index is 1.34. The number of carbonyl (C=O) groups is 1. The largest absolute Gasteiger partial charge is 0.353 e. The van der Waals surface area contributed by atoms with Crippen LogP contribution in [0.4, 0.5) is 10.5 Å². The molecule has 1 saturated heterocycles. The molecule has 2 amide bonds. The molecular formula is C20H26N6O. The van der Waals surface area contributed by atoms with Gasteiger partial charge in [-0.1, -0.05) is 17.7 Å². The predicted octanol–water partition coefficient (Wildman–Crippen LogP) is 2.44. The first kappa shape index (κ1) is 17.6. The van der Waals surface area contributed by atoms with Crippen molar-refractivity contribution >= 4 is 23.9 Å². The van der Waals surface area contributed by atoms with E-state index in [0.717, 1.165) is 42.5 Å². The van der Waals surface area contributed by atoms with Crippen LogP contribution in [0.25, 0.3) is 0 Å². The number of aryl methyl sites for hydroxylation is 2. The van der Waals surface area contributed by atoms with E-state index in [1.165, 1.54) is 5.56 Å². The van der Waals surface area contributed by atoms with E-state index in [-0.39, 0.29) is 6.03 Å². The van der Waals surface area contributed by atoms with Crippen LogP contribution in [0.1, 0.15) is 18.1 Å². The van der Waals surface area contributed by atoms with Gasteiger partial charge in [0.1, 0.15) is 11.7 Å². The Morgan fingerprint density at radius 3 is 2.70 bits per heavy atom. The summed E-state index contributed by atoms with van der Waals surface area (Å²) in [5, 5.41) is 3.04. The summed E-state index contributed by atoms with van der Waals surface area (Å²) in [6, 6.07) is 6.41. The van der Waals surface area contributed by atoms with E-state index in [9.17, 15) is 4.79 Å². The van der Waals surface area contributed by atoms with Crippen molar-refractivity contribution < 1.29 is 4.79 Å². The van der Waals surface area contributed by atoms with Gasteiger partial charge in [0.15, 0.2) is 0 Å². The number of benzene rings is 1. The van der Waals surface area contributed by atoms with Gasteiger partial charge in [-0.15, -0.1) is 0 Å². The summed E-state index contributed by atoms with van der Waals surface area (Å²) >= 11 is 0. The molecule has 0 aliphatic carbocycles. The highest BCUT2D eigenvalue weighted by molar-refractivity contribution is 6.03. The Morgan fingerprint density at radius 2 is 1.96 bits per heavy atom. The van der Waals surface area contributed by atoms with Gasteiger partial charge in [0.25, 0.3) is 0 Å². The Hall–Kier alpha value is -2.83. The lowest BCUT2D eigenvalue weighted by Crippen LogP contribution is -2.50. The third-order valence-electron chi connectivity index (χ3n) is 5.34. The van der Waals surface area contributed by atoms with Crippen molar-refractivity contribution in [2.45, 2.75) is 26.8 Å². The third-order valence-corrected chi connectivity index (χ3v) is 5.34. The molecular weight excluding hydrogens is 340 g/mol. The van der Waals surface area contributed by atoms with E-state index in [2.05, 4.69) is 51.1 Å². The highest BCUT2D eigenvalue weighted by Crippen LogP contribution is 2.20. The second kappa shape index (κ2) is 7.06. The molecule has 4 rings (SSSR count). The molecule has 1 aromatic rings. The molecule has 7 heteroatoms. The number of hydrogen-bond acceptors (Lipinski definition) is 5. The van der Waals surface area contributed by atoms with Crippen LogP contribution >= 0.6 is 0 Å². The van der Waals surface area contributed by atoms with Crippen molar-refractivity contribution in [2.75, 3.05) is 38.0 Å². The summed E-state index contributed by atoms with van der Waals surface area (Å²) in [5.74, 6) is 1.93. The van der Waals surface area contributed by atoms with E-state index in [1.54, 1.807) is 0 Å². The van der Waals surface area contributed by atoms with Crippen molar-refractivity contribution in [1.29, 1.82) is 0 Å². The van der Waals surface area contributed by atoms with Gasteiger partial charge in [-0.2, -0.15) is 0 Å². The molecule has 0 bridgehead atoms. The van der Waals surface area contributed by atoms with E-state index >= 15 is 0 Å². The number of nitrogens with one attached hydrogen (secondary N) is 1. The van der Waals surface area contributed by atoms with Gasteiger partial charge in [0.05, 0.1) is 18.9 Å². The van der Waals surface area contributed by atoms with Gasteiger partial charge in [0, 0.05) is 37.9 Å². The van der Waals surface area contributed by atoms with Gasteiger partial charge in [-0.3, -0.25) is 4.99 Å². The normalized spacial score (nSPS) is 21.7. The summed E-state index contributed by atoms with van der Waals surface area (Å²) < 4.78 is 0. The fourth-order valence-electron chi connectivity index (χ4n) is 3.65. The number of piperazine rings is 1. The molecule has 7 nitrogen and oxygen atoms in total. The van der Waals surface area contributed by atoms with E-state index in [1.807, 2.05) is 30.3 Å². The van der Waals surface area contributed by atoms with E-state index in [0.29, 0.717) is 19.1 Å². The lowest BCUT2D eigenvalue weighted by Gasteiger charge is -2.37. The first-order chi connectivity index (χ1) is 13.0. The quantitative estimate of drug-likeness (QED) is 0.874. The maximum atomic E-state index is 12.6. The average Bonchev–Trinajstić information content (AvgIpc) is 3.04. The van der Waals surface area contributed by atoms with Crippen LogP contribution in [-0.2, 0) is 0 Å². The molecule has 1 N–H and O–H groups in total. The van der Waals surface area contributed by atoms with Crippen molar-refractivity contribution in [2.24, 2.45) is 9.98 Å². The monoisotopic (exact) mass is 366 g/mol. The highest BCUT2D eigenvalue weighted by Gasteiger charge is 2.28. The van der Waals surface area contributed by atoms with Crippen LogP contribution in [-0.4, -0.2) is 71.7 Å². The van der Waals surface area contributed by atoms with Crippen LogP contribution in [0.15, 0.2) is 40.1 Å². The molecule has 0 radical (unpaired) electrons. The van der Waals surface area contributed by atoms with Crippen molar-refractivity contribution in [3.05, 3.63) is 41.2 Å². The molecule has 0 spiro atoms. The predicted molar refractivity (Wildman–Crippen MR) is 108 cm³/mol. The third kappa shape index (κ3) is 3.54. The van der Waals surface area contributed by atoms with Crippen LogP contribution in [0.5, 0.6) is 0 Å². The number of amides is 2. The number of amidine groups is 1. The summed E-state index contributed by atoms with van der Waals surface area (Å²) in [7, 11) is 0. The van der Waals surface area contributed by atoms with Gasteiger partial charge in [-0.05, 0) is 32.4 Å². The molecule has 3 aliphatic heterocycles. The molecule has 1 aromatic carbocycles. The first-order valence-electron chi connectivity index (χ1n) is 9.48. The number of aliphatic imine (C=N–C) groups is 2. The number of urea groups is 1. The molecule has 0 aromatic heterocycles. The first-order valence-corrected chi connectivity index (χ1v) is 9.48. The van der Waals surface area contributed by atoms with Crippen LogP contribution < -0.4 is 5.32 Å². The number of nitrogens with zero attached hydrogens (tertiary/aromatic N) is 5. The Morgan fingerprint density at radius 1 is 1.19 bits per heavy atom. The van der Waals surface area contributed by atoms with Crippen molar-refractivity contribution in [3.63, 3.8) is 0 Å². The Kier molecular flexibility index (Phi) is 4.59. The van der Waals surface area contributed by atoms with E-state index in [4.69, 9.17) is 0 Å². The second-order valence-corrected chi connectivity index (χ2v) is 7.42. The Labute approximate surface area is 160 Å². The molecule has 3 heterocycles. The van der Waals surface area contributed by atoms with Gasteiger partial charge >= 0.3 is 6.03 Å². The SMILES string of the molecule is Cc1ccc(NC(=O)N2CCN(C3=CC4=NC[C@@H](C)N4C=N3)CC2)c(C)c1. The standard InChI is InChI=1S/C20H26N6O/c1-14-4-5-17(15(2)10-14)23-20(27)25-8-6-24(7-9-25)18-11-19-21-12-16(3)26(19)13-22-18/h4-5,10-11,13,16H,6-9,12H2,1-3H3,(H,23,27)/t16-/m1/s1. The number of anilines is 1. The van der Waals surface area contributed by atoms with E-state index < -0.39 is 0 Å². The maximum absolute atomic E-state index is 12.6. The van der Waals surface area contributed by atoms with Crippen LogP contribution in [0, 0.1) is 13.8 Å². The number of rotatable bonds is 2. The highest BCUT2D eigenvalue weighted by atomic mass is 16.2. The summed E-state index contributed by atoms with van der Waals surface area (Å²) in [5.41, 5.74) is 3.15. The number of fused-ring (bicyclic) bond motifs is 1. The minimum atomic E-state index is -0.0390. The Bertz CT molecular complexity index is 835. The maximum Gasteiger partial charge on any atom is 0.321 e. The number of carbonyl (C=O) groups excluding carboxylic acids is 1. The fourth-order valence-corrected chi connectivity index (χ4v) is 3.65. The summed E-state index contributed by atoms with van der Waals surface area (Å²) in [6.07, 6.45) is 3.93. The molecule has 142 valence electrons. The smallest absolute Gasteiger partial charge is 0.321 e. The zero-order valence-corrected chi connectivity index (χ0v) is 16.1. The summed E-state index contributed by atoms with van der Waals surface area (Å²) in [4.78, 5) is 27.9. The van der Waals surface area contributed by atoms with Crippen molar-refractivity contribution in [3.8, 4) is 0 Å². The molecule has 1 fully saturated rings. The van der Waals surface area contributed by atoms with Crippen molar-refractivity contribution in [1.82, 2.24) is 14.7 Å². The van der Waals surface area contributed by atoms with Crippen LogP contribution in [0.2, 0.25) is 0 Å². The molecule has 3 aliphatic rings. The lowest BCUT2D eigenvalue weighted by atomic mass is 10.1. The molecule has 0 saturated carbocycles. The minimum Gasteiger partial charge on any atom is -0.353 e. The van der Waals surface area contributed by atoms with Gasteiger partial charge < -0.3 is 20.0 Å². The fraction of sp³-hybridized carbons (Fsp3) is 0.450. The average molecular weight is 366 g/mol. The second-order valence-electron chi connectivity index (χ2n) is 7.42. The lowest BCUT2D eigenvalue weighted by molar-refractivity contribution is 0.166. The molecule has 1 atom stereocenters. The zero-order chi connectivity index (χ0) is 19.0. The molecule has 27 heavy (non-hydrogen) atoms. The molecule has 0 unspecified atom stereocenters. The minimum absolute atomic E-state index is 0.0390. The van der Waals surface area contributed by atoms with Crippen LogP contribution in [0.3, 0.4) is 0 Å². The number of hydrogen-bond donors (Lipinski definition) is 1. The van der Waals surface area contributed by atoms with Gasteiger partial charge in [-0.25, -0.2) is 9.79 Å². The topological polar surface area (TPSA) is 63.5 Å². The summed E-state index contributed by atoms with van der Waals surface area (Å²) in [6.45, 7) is 9.93. The zero-order valence-electron chi connectivity index (χ0n) is 16.1. The van der Waals surface area contributed by atoms with Gasteiger partial charge in [0.2, 0.25) is 0 Å².